The maximum Gasteiger partial charge on any atom is 0.328 e. The lowest BCUT2D eigenvalue weighted by molar-refractivity contribution is -0.134. The fraction of sp³-hybridized carbons (Fsp3) is 0.306. The maximum atomic E-state index is 13.1. The Morgan fingerprint density at radius 1 is 0.711 bits per heavy atom. The van der Waals surface area contributed by atoms with Crippen LogP contribution in [0.15, 0.2) is 78.9 Å². The highest BCUT2D eigenvalue weighted by Gasteiger charge is 2.11. The Morgan fingerprint density at radius 3 is 1.91 bits per heavy atom. The van der Waals surface area contributed by atoms with E-state index in [0.29, 0.717) is 17.7 Å². The van der Waals surface area contributed by atoms with E-state index in [2.05, 4.69) is 91.4 Å². The van der Waals surface area contributed by atoms with Gasteiger partial charge in [-0.3, -0.25) is 4.79 Å². The van der Waals surface area contributed by atoms with E-state index in [1.54, 1.807) is 6.08 Å². The van der Waals surface area contributed by atoms with Gasteiger partial charge in [-0.15, -0.1) is 0 Å². The molecule has 0 saturated carbocycles. The second kappa shape index (κ2) is 18.2. The van der Waals surface area contributed by atoms with Crippen LogP contribution in [0.3, 0.4) is 0 Å². The molecule has 0 atom stereocenters. The minimum Gasteiger partial charge on any atom is -0.478 e. The lowest BCUT2D eigenvalue weighted by Gasteiger charge is -2.24. The molecule has 0 aliphatic carbocycles. The van der Waals surface area contributed by atoms with Crippen molar-refractivity contribution in [2.75, 3.05) is 71.6 Å². The molecule has 0 saturated heterocycles. The molecule has 0 heterocycles. The van der Waals surface area contributed by atoms with E-state index in [1.165, 1.54) is 16.7 Å². The number of anilines is 2. The highest BCUT2D eigenvalue weighted by atomic mass is 16.4. The van der Waals surface area contributed by atoms with Crippen molar-refractivity contribution in [3.63, 3.8) is 0 Å². The van der Waals surface area contributed by atoms with Crippen molar-refractivity contribution in [1.82, 2.24) is 9.80 Å². The van der Waals surface area contributed by atoms with Gasteiger partial charge in [-0.2, -0.15) is 0 Å². The maximum absolute atomic E-state index is 13.1. The SMILES string of the molecule is Cc1cc(C)cc(-c2ccc(N(C)CCN(C)C)c(/C=C/C(=O)c3cccc(NCCN(C)C)c3)c2)c1.O=C(O)/C=C/C(=O)O. The van der Waals surface area contributed by atoms with Gasteiger partial charge in [0.05, 0.1) is 0 Å². The number of carboxylic acids is 2. The Labute approximate surface area is 267 Å². The molecule has 0 fully saturated rings. The van der Waals surface area contributed by atoms with Gasteiger partial charge in [-0.25, -0.2) is 9.59 Å². The zero-order valence-electron chi connectivity index (χ0n) is 27.4. The number of nitrogens with zero attached hydrogens (tertiary/aromatic N) is 3. The summed E-state index contributed by atoms with van der Waals surface area (Å²) in [6.45, 7) is 7.86. The normalized spacial score (nSPS) is 11.1. The molecule has 240 valence electrons. The van der Waals surface area contributed by atoms with Crippen LogP contribution >= 0.6 is 0 Å². The standard InChI is InChI=1S/C32H42N4O.C4H4O4/c1-24-19-25(2)21-29(20-24)26-11-13-31(36(7)18-17-35(5)6)27(22-26)12-14-32(37)28-9-8-10-30(23-28)33-15-16-34(3)4;5-3(6)1-2-4(7)8/h8-14,19-23,33H,15-18H2,1-7H3;1-2H,(H,5,6)(H,7,8)/b14-12+;2-1+. The van der Waals surface area contributed by atoms with Crippen molar-refractivity contribution >= 4 is 35.2 Å². The summed E-state index contributed by atoms with van der Waals surface area (Å²) in [5.41, 5.74) is 8.61. The highest BCUT2D eigenvalue weighted by Crippen LogP contribution is 2.30. The van der Waals surface area contributed by atoms with Crippen molar-refractivity contribution in [2.45, 2.75) is 13.8 Å². The molecule has 3 N–H and O–H groups in total. The van der Waals surface area contributed by atoms with E-state index >= 15 is 0 Å². The van der Waals surface area contributed by atoms with Crippen LogP contribution in [0.2, 0.25) is 0 Å². The first-order chi connectivity index (χ1) is 21.2. The zero-order valence-corrected chi connectivity index (χ0v) is 27.4. The molecule has 0 aliphatic rings. The van der Waals surface area contributed by atoms with Crippen molar-refractivity contribution in [2.24, 2.45) is 0 Å². The van der Waals surface area contributed by atoms with Crippen LogP contribution in [0.4, 0.5) is 11.4 Å². The van der Waals surface area contributed by atoms with Gasteiger partial charge < -0.3 is 30.2 Å². The van der Waals surface area contributed by atoms with Crippen LogP contribution < -0.4 is 10.2 Å². The van der Waals surface area contributed by atoms with Crippen LogP contribution in [-0.2, 0) is 9.59 Å². The minimum absolute atomic E-state index is 0.00467. The van der Waals surface area contributed by atoms with Crippen molar-refractivity contribution in [3.8, 4) is 11.1 Å². The molecule has 9 heteroatoms. The molecule has 3 aromatic rings. The molecule has 0 aromatic heterocycles. The summed E-state index contributed by atoms with van der Waals surface area (Å²) >= 11 is 0. The summed E-state index contributed by atoms with van der Waals surface area (Å²) in [5.74, 6) is -2.52. The number of carbonyl (C=O) groups is 3. The van der Waals surface area contributed by atoms with E-state index in [4.69, 9.17) is 10.2 Å². The van der Waals surface area contributed by atoms with Crippen LogP contribution in [0.1, 0.15) is 27.0 Å². The summed E-state index contributed by atoms with van der Waals surface area (Å²) in [6, 6.07) is 20.9. The Bertz CT molecular complexity index is 1470. The molecule has 0 bridgehead atoms. The first kappa shape index (κ1) is 36.5. The largest absolute Gasteiger partial charge is 0.478 e. The average Bonchev–Trinajstić information content (AvgIpc) is 2.97. The number of carboxylic acid groups (broad SMARTS) is 2. The molecular weight excluding hydrogens is 568 g/mol. The molecule has 0 radical (unpaired) electrons. The van der Waals surface area contributed by atoms with E-state index in [-0.39, 0.29) is 5.78 Å². The predicted octanol–water partition coefficient (Wildman–Crippen LogP) is 5.55. The zero-order chi connectivity index (χ0) is 33.5. The van der Waals surface area contributed by atoms with Crippen molar-refractivity contribution in [1.29, 1.82) is 0 Å². The van der Waals surface area contributed by atoms with Crippen LogP contribution in [0.25, 0.3) is 17.2 Å². The Hall–Kier alpha value is -4.73. The lowest BCUT2D eigenvalue weighted by Crippen LogP contribution is -2.28. The Morgan fingerprint density at radius 2 is 1.33 bits per heavy atom. The molecule has 0 aliphatic heterocycles. The number of carbonyl (C=O) groups excluding carboxylic acids is 1. The number of hydrogen-bond donors (Lipinski definition) is 3. The van der Waals surface area contributed by atoms with Gasteiger partial charge in [0.15, 0.2) is 5.78 Å². The lowest BCUT2D eigenvalue weighted by atomic mass is 9.97. The Balaban J connectivity index is 0.000000777. The summed E-state index contributed by atoms with van der Waals surface area (Å²) in [5, 5.41) is 19.0. The third-order valence-corrected chi connectivity index (χ3v) is 6.69. The first-order valence-corrected chi connectivity index (χ1v) is 14.7. The van der Waals surface area contributed by atoms with E-state index in [1.807, 2.05) is 44.4 Å². The Kier molecular flexibility index (Phi) is 14.7. The van der Waals surface area contributed by atoms with E-state index < -0.39 is 11.9 Å². The monoisotopic (exact) mass is 614 g/mol. The van der Waals surface area contributed by atoms with Gasteiger partial charge in [-0.05, 0) is 95.1 Å². The number of nitrogens with one attached hydrogen (secondary N) is 1. The average molecular weight is 615 g/mol. The van der Waals surface area contributed by atoms with E-state index in [9.17, 15) is 14.4 Å². The van der Waals surface area contributed by atoms with Gasteiger partial charge in [-0.1, -0.05) is 47.5 Å². The van der Waals surface area contributed by atoms with Crippen molar-refractivity contribution in [3.05, 3.63) is 101 Å². The molecular formula is C36H46N4O5. The molecule has 3 aromatic carbocycles. The second-order valence-electron chi connectivity index (χ2n) is 11.4. The van der Waals surface area contributed by atoms with Crippen molar-refractivity contribution < 1.29 is 24.6 Å². The molecule has 0 amide bonds. The number of likely N-dealkylation sites (N-methyl/N-ethyl adjacent to an activating group) is 3. The first-order valence-electron chi connectivity index (χ1n) is 14.7. The number of aryl methyl sites for hydroxylation is 2. The second-order valence-corrected chi connectivity index (χ2v) is 11.4. The van der Waals surface area contributed by atoms with Gasteiger partial charge in [0.25, 0.3) is 0 Å². The van der Waals surface area contributed by atoms with Gasteiger partial charge in [0, 0.05) is 62.3 Å². The minimum atomic E-state index is -1.26. The molecule has 0 spiro atoms. The topological polar surface area (TPSA) is 113 Å². The van der Waals surface area contributed by atoms with Crippen LogP contribution in [0.5, 0.6) is 0 Å². The summed E-state index contributed by atoms with van der Waals surface area (Å²) < 4.78 is 0. The third kappa shape index (κ3) is 13.6. The number of hydrogen-bond acceptors (Lipinski definition) is 7. The summed E-state index contributed by atoms with van der Waals surface area (Å²) in [7, 11) is 10.4. The summed E-state index contributed by atoms with van der Waals surface area (Å²) in [6.07, 6.45) is 4.77. The fourth-order valence-corrected chi connectivity index (χ4v) is 4.44. The number of aliphatic carboxylic acids is 2. The molecule has 3 rings (SSSR count). The van der Waals surface area contributed by atoms with Crippen LogP contribution in [-0.4, -0.2) is 99.2 Å². The highest BCUT2D eigenvalue weighted by molar-refractivity contribution is 6.07. The molecule has 45 heavy (non-hydrogen) atoms. The third-order valence-electron chi connectivity index (χ3n) is 6.69. The fourth-order valence-electron chi connectivity index (χ4n) is 4.44. The van der Waals surface area contributed by atoms with Gasteiger partial charge >= 0.3 is 11.9 Å². The smallest absolute Gasteiger partial charge is 0.328 e. The number of ketones is 1. The number of benzene rings is 3. The molecule has 0 unspecified atom stereocenters. The number of allylic oxidation sites excluding steroid dienone is 1. The van der Waals surface area contributed by atoms with E-state index in [0.717, 1.165) is 48.7 Å². The van der Waals surface area contributed by atoms with Gasteiger partial charge in [0.1, 0.15) is 0 Å². The van der Waals surface area contributed by atoms with Crippen LogP contribution in [0, 0.1) is 13.8 Å². The summed E-state index contributed by atoms with van der Waals surface area (Å²) in [4.78, 5) is 38.8. The predicted molar refractivity (Wildman–Crippen MR) is 184 cm³/mol. The van der Waals surface area contributed by atoms with Gasteiger partial charge in [0.2, 0.25) is 0 Å². The number of rotatable bonds is 14. The quantitative estimate of drug-likeness (QED) is 0.159. The molecule has 9 nitrogen and oxygen atoms in total.